The second-order valence-electron chi connectivity index (χ2n) is 7.60. The van der Waals surface area contributed by atoms with Crippen LogP contribution in [0.3, 0.4) is 0 Å². The van der Waals surface area contributed by atoms with Crippen molar-refractivity contribution in [2.75, 3.05) is 38.2 Å². The highest BCUT2D eigenvalue weighted by Gasteiger charge is 2.23. The van der Waals surface area contributed by atoms with E-state index < -0.39 is 0 Å². The lowest BCUT2D eigenvalue weighted by atomic mass is 10.0. The molecule has 0 bridgehead atoms. The van der Waals surface area contributed by atoms with Crippen LogP contribution in [0.1, 0.15) is 30.5 Å². The number of hydrogen-bond donors (Lipinski definition) is 0. The zero-order valence-corrected chi connectivity index (χ0v) is 20.4. The maximum atomic E-state index is 13.5. The lowest BCUT2D eigenvalue weighted by Gasteiger charge is -2.25. The summed E-state index contributed by atoms with van der Waals surface area (Å²) in [6.07, 6.45) is 0.340. The number of anilines is 1. The number of benzene rings is 2. The summed E-state index contributed by atoms with van der Waals surface area (Å²) in [6.45, 7) is 11.6. The van der Waals surface area contributed by atoms with Crippen molar-refractivity contribution in [3.8, 4) is 5.75 Å². The molecule has 0 saturated carbocycles. The standard InChI is InChI=1S/C24H30ClN3O2S/c1-6-27(7-2)12-13-28(21(29)15-18-14-16(3)8-9-17(18)4)24-26-22-20(30-5)11-10-19(25)23(22)31-24/h8-11,14H,6-7,12-13,15H2,1-5H3. The monoisotopic (exact) mass is 459 g/mol. The van der Waals surface area contributed by atoms with Gasteiger partial charge >= 0.3 is 0 Å². The minimum absolute atomic E-state index is 0.0370. The lowest BCUT2D eigenvalue weighted by molar-refractivity contribution is -0.118. The molecule has 1 heterocycles. The van der Waals surface area contributed by atoms with Crippen LogP contribution >= 0.6 is 22.9 Å². The number of carbonyl (C=O) groups excluding carboxylic acids is 1. The van der Waals surface area contributed by atoms with Crippen LogP contribution in [0, 0.1) is 13.8 Å². The number of carbonyl (C=O) groups is 1. The van der Waals surface area contributed by atoms with Crippen molar-refractivity contribution in [2.45, 2.75) is 34.1 Å². The zero-order valence-electron chi connectivity index (χ0n) is 18.9. The summed E-state index contributed by atoms with van der Waals surface area (Å²) in [7, 11) is 1.62. The number of likely N-dealkylation sites (N-methyl/N-ethyl adjacent to an activating group) is 1. The van der Waals surface area contributed by atoms with Gasteiger partial charge in [0.25, 0.3) is 0 Å². The fraction of sp³-hybridized carbons (Fsp3) is 0.417. The van der Waals surface area contributed by atoms with Crippen molar-refractivity contribution < 1.29 is 9.53 Å². The first-order valence-corrected chi connectivity index (χ1v) is 11.8. The number of fused-ring (bicyclic) bond motifs is 1. The number of halogens is 1. The smallest absolute Gasteiger partial charge is 0.233 e. The Hall–Kier alpha value is -2.15. The first-order valence-electron chi connectivity index (χ1n) is 10.6. The highest BCUT2D eigenvalue weighted by Crippen LogP contribution is 2.38. The Labute approximate surface area is 193 Å². The van der Waals surface area contributed by atoms with Gasteiger partial charge in [-0.3, -0.25) is 9.69 Å². The Morgan fingerprint density at radius 2 is 1.87 bits per heavy atom. The minimum Gasteiger partial charge on any atom is -0.494 e. The Morgan fingerprint density at radius 3 is 2.55 bits per heavy atom. The summed E-state index contributed by atoms with van der Waals surface area (Å²) in [4.78, 5) is 22.4. The molecule has 2 aromatic carbocycles. The van der Waals surface area contributed by atoms with E-state index in [4.69, 9.17) is 21.3 Å². The molecular weight excluding hydrogens is 430 g/mol. The molecule has 3 aromatic rings. The van der Waals surface area contributed by atoms with Crippen LogP contribution in [0.25, 0.3) is 10.2 Å². The lowest BCUT2D eigenvalue weighted by Crippen LogP contribution is -2.39. The molecule has 0 saturated heterocycles. The van der Waals surface area contributed by atoms with Gasteiger partial charge in [0.1, 0.15) is 11.3 Å². The molecule has 3 rings (SSSR count). The predicted octanol–water partition coefficient (Wildman–Crippen LogP) is 5.49. The van der Waals surface area contributed by atoms with Crippen LogP contribution in [-0.2, 0) is 11.2 Å². The van der Waals surface area contributed by atoms with Crippen molar-refractivity contribution >= 4 is 44.2 Å². The third-order valence-electron chi connectivity index (χ3n) is 5.58. The molecule has 0 unspecified atom stereocenters. The van der Waals surface area contributed by atoms with Crippen LogP contribution in [0.5, 0.6) is 5.75 Å². The van der Waals surface area contributed by atoms with Gasteiger partial charge in [-0.15, -0.1) is 0 Å². The third kappa shape index (κ3) is 5.37. The van der Waals surface area contributed by atoms with Crippen LogP contribution < -0.4 is 9.64 Å². The maximum Gasteiger partial charge on any atom is 0.233 e. The molecule has 0 aliphatic carbocycles. The summed E-state index contributed by atoms with van der Waals surface area (Å²) in [5.74, 6) is 0.697. The van der Waals surface area contributed by atoms with E-state index in [-0.39, 0.29) is 5.91 Å². The average Bonchev–Trinajstić information content (AvgIpc) is 3.20. The number of rotatable bonds is 9. The minimum atomic E-state index is 0.0370. The first kappa shape index (κ1) is 23.5. The van der Waals surface area contributed by atoms with Crippen molar-refractivity contribution in [3.63, 3.8) is 0 Å². The highest BCUT2D eigenvalue weighted by molar-refractivity contribution is 7.23. The number of aromatic nitrogens is 1. The van der Waals surface area contributed by atoms with Gasteiger partial charge in [0.15, 0.2) is 5.13 Å². The topological polar surface area (TPSA) is 45.7 Å². The molecule has 1 aromatic heterocycles. The van der Waals surface area contributed by atoms with E-state index in [9.17, 15) is 4.79 Å². The van der Waals surface area contributed by atoms with Gasteiger partial charge in [-0.05, 0) is 50.2 Å². The molecule has 0 spiro atoms. The van der Waals surface area contributed by atoms with Gasteiger partial charge in [-0.2, -0.15) is 0 Å². The largest absolute Gasteiger partial charge is 0.494 e. The van der Waals surface area contributed by atoms with Crippen LogP contribution in [0.4, 0.5) is 5.13 Å². The second kappa shape index (κ2) is 10.4. The SMILES string of the molecule is CCN(CC)CCN(C(=O)Cc1cc(C)ccc1C)c1nc2c(OC)ccc(Cl)c2s1. The van der Waals surface area contributed by atoms with E-state index in [2.05, 4.69) is 36.9 Å². The number of amides is 1. The summed E-state index contributed by atoms with van der Waals surface area (Å²) < 4.78 is 6.30. The first-order chi connectivity index (χ1) is 14.9. The molecular formula is C24H30ClN3O2S. The maximum absolute atomic E-state index is 13.5. The van der Waals surface area contributed by atoms with Crippen molar-refractivity contribution in [3.05, 3.63) is 52.0 Å². The molecule has 7 heteroatoms. The van der Waals surface area contributed by atoms with E-state index in [0.717, 1.165) is 41.0 Å². The number of aryl methyl sites for hydroxylation is 2. The third-order valence-corrected chi connectivity index (χ3v) is 7.12. The molecule has 0 radical (unpaired) electrons. The van der Waals surface area contributed by atoms with Gasteiger partial charge in [0, 0.05) is 13.1 Å². The van der Waals surface area contributed by atoms with Crippen molar-refractivity contribution in [1.82, 2.24) is 9.88 Å². The Bertz CT molecular complexity index is 1060. The molecule has 5 nitrogen and oxygen atoms in total. The number of hydrogen-bond acceptors (Lipinski definition) is 5. The van der Waals surface area contributed by atoms with Gasteiger partial charge < -0.3 is 9.64 Å². The number of methoxy groups -OCH3 is 1. The normalized spacial score (nSPS) is 11.3. The fourth-order valence-corrected chi connectivity index (χ4v) is 4.88. The van der Waals surface area contributed by atoms with E-state index in [1.54, 1.807) is 12.0 Å². The fourth-order valence-electron chi connectivity index (χ4n) is 3.58. The molecule has 0 N–H and O–H groups in total. The van der Waals surface area contributed by atoms with Crippen molar-refractivity contribution in [2.24, 2.45) is 0 Å². The van der Waals surface area contributed by atoms with Gasteiger partial charge in [0.2, 0.25) is 5.91 Å². The molecule has 166 valence electrons. The Morgan fingerprint density at radius 1 is 1.13 bits per heavy atom. The molecule has 1 amide bonds. The molecule has 0 fully saturated rings. The number of nitrogens with zero attached hydrogens (tertiary/aromatic N) is 3. The van der Waals surface area contributed by atoms with Crippen LogP contribution in [-0.4, -0.2) is 49.1 Å². The van der Waals surface area contributed by atoms with Gasteiger partial charge in [-0.1, -0.05) is 60.5 Å². The molecule has 0 aliphatic heterocycles. The molecule has 31 heavy (non-hydrogen) atoms. The molecule has 0 atom stereocenters. The average molecular weight is 460 g/mol. The predicted molar refractivity (Wildman–Crippen MR) is 131 cm³/mol. The van der Waals surface area contributed by atoms with Gasteiger partial charge in [0.05, 0.1) is 23.3 Å². The summed E-state index contributed by atoms with van der Waals surface area (Å²) >= 11 is 7.87. The van der Waals surface area contributed by atoms with Crippen LogP contribution in [0.15, 0.2) is 30.3 Å². The summed E-state index contributed by atoms with van der Waals surface area (Å²) in [5.41, 5.74) is 4.02. The second-order valence-corrected chi connectivity index (χ2v) is 8.99. The van der Waals surface area contributed by atoms with Gasteiger partial charge in [-0.25, -0.2) is 4.98 Å². The zero-order chi connectivity index (χ0) is 22.5. The molecule has 0 aliphatic rings. The number of ether oxygens (including phenoxy) is 1. The van der Waals surface area contributed by atoms with E-state index >= 15 is 0 Å². The Kier molecular flexibility index (Phi) is 7.92. The van der Waals surface area contributed by atoms with E-state index in [1.807, 2.05) is 26.0 Å². The van der Waals surface area contributed by atoms with E-state index in [1.165, 1.54) is 11.3 Å². The summed E-state index contributed by atoms with van der Waals surface area (Å²) in [5, 5.41) is 1.27. The van der Waals surface area contributed by atoms with Crippen LogP contribution in [0.2, 0.25) is 5.02 Å². The summed E-state index contributed by atoms with van der Waals surface area (Å²) in [6, 6.07) is 9.85. The van der Waals surface area contributed by atoms with Crippen molar-refractivity contribution in [1.29, 1.82) is 0 Å². The van der Waals surface area contributed by atoms with E-state index in [0.29, 0.717) is 34.4 Å². The Balaban J connectivity index is 1.97. The quantitative estimate of drug-likeness (QED) is 0.424. The highest BCUT2D eigenvalue weighted by atomic mass is 35.5. The number of thiazole rings is 1.